The van der Waals surface area contributed by atoms with Gasteiger partial charge in [0, 0.05) is 23.3 Å². The van der Waals surface area contributed by atoms with Crippen molar-refractivity contribution < 1.29 is 13.7 Å². The quantitative estimate of drug-likeness (QED) is 0.557. The van der Waals surface area contributed by atoms with Crippen molar-refractivity contribution in [2.45, 2.75) is 64.0 Å². The summed E-state index contributed by atoms with van der Waals surface area (Å²) in [5.41, 5.74) is 1.16. The third-order valence-electron chi connectivity index (χ3n) is 5.18. The predicted molar refractivity (Wildman–Crippen MR) is 109 cm³/mol. The van der Waals surface area contributed by atoms with Crippen molar-refractivity contribution in [3.8, 4) is 0 Å². The molecule has 4 nitrogen and oxygen atoms in total. The van der Waals surface area contributed by atoms with E-state index in [1.165, 1.54) is 12.0 Å². The lowest BCUT2D eigenvalue weighted by molar-refractivity contribution is -0.0962. The molecule has 0 amide bonds. The minimum Gasteiger partial charge on any atom is -0.359 e. The molecule has 1 aromatic carbocycles. The average Bonchev–Trinajstić information content (AvgIpc) is 2.55. The molecule has 0 bridgehead atoms. The van der Waals surface area contributed by atoms with Crippen LogP contribution in [0.4, 0.5) is 0 Å². The van der Waals surface area contributed by atoms with Gasteiger partial charge in [0.25, 0.3) is 0 Å². The Bertz CT molecular complexity index is 575. The maximum absolute atomic E-state index is 12.7. The van der Waals surface area contributed by atoms with Crippen LogP contribution in [0.5, 0.6) is 0 Å². The van der Waals surface area contributed by atoms with Gasteiger partial charge in [-0.05, 0) is 42.9 Å². The summed E-state index contributed by atoms with van der Waals surface area (Å²) >= 11 is 6.10. The molecule has 0 aromatic heterocycles. The van der Waals surface area contributed by atoms with E-state index in [1.54, 1.807) is 7.11 Å². The van der Waals surface area contributed by atoms with Crippen LogP contribution in [-0.2, 0) is 25.9 Å². The van der Waals surface area contributed by atoms with E-state index < -0.39 is 11.0 Å². The Morgan fingerprint density at radius 1 is 1.27 bits per heavy atom. The van der Waals surface area contributed by atoms with E-state index in [0.29, 0.717) is 11.7 Å². The molecule has 1 fully saturated rings. The lowest BCUT2D eigenvalue weighted by Gasteiger charge is -2.50. The summed E-state index contributed by atoms with van der Waals surface area (Å²) in [5, 5.41) is 0.735. The van der Waals surface area contributed by atoms with Gasteiger partial charge in [-0.2, -0.15) is 0 Å². The van der Waals surface area contributed by atoms with E-state index in [9.17, 15) is 4.21 Å². The fourth-order valence-corrected chi connectivity index (χ4v) is 5.25. The molecule has 2 rings (SSSR count). The molecule has 6 heteroatoms. The molecule has 1 saturated carbocycles. The highest BCUT2D eigenvalue weighted by atomic mass is 35.5. The van der Waals surface area contributed by atoms with Gasteiger partial charge in [0.05, 0.1) is 23.1 Å². The first kappa shape index (κ1) is 21.8. The minimum atomic E-state index is -1.10. The minimum absolute atomic E-state index is 0.0304. The predicted octanol–water partition coefficient (Wildman–Crippen LogP) is 4.44. The van der Waals surface area contributed by atoms with Crippen LogP contribution in [-0.4, -0.2) is 36.0 Å². The van der Waals surface area contributed by atoms with E-state index in [-0.39, 0.29) is 24.4 Å². The number of hydrogen-bond acceptors (Lipinski definition) is 3. The molecule has 26 heavy (non-hydrogen) atoms. The molecule has 3 unspecified atom stereocenters. The van der Waals surface area contributed by atoms with E-state index in [1.807, 2.05) is 12.1 Å². The van der Waals surface area contributed by atoms with Crippen molar-refractivity contribution in [3.05, 3.63) is 34.9 Å². The first-order chi connectivity index (χ1) is 12.4. The summed E-state index contributed by atoms with van der Waals surface area (Å²) in [6.45, 7) is 6.52. The van der Waals surface area contributed by atoms with Crippen molar-refractivity contribution in [2.24, 2.45) is 5.92 Å². The monoisotopic (exact) mass is 401 g/mol. The van der Waals surface area contributed by atoms with Crippen LogP contribution in [0.25, 0.3) is 0 Å². The zero-order valence-corrected chi connectivity index (χ0v) is 17.9. The number of hydrogen-bond donors (Lipinski definition) is 1. The third kappa shape index (κ3) is 5.29. The lowest BCUT2D eigenvalue weighted by Crippen LogP contribution is -2.59. The maximum Gasteiger partial charge on any atom is 0.146 e. The van der Waals surface area contributed by atoms with Crippen LogP contribution in [0.2, 0.25) is 5.02 Å². The van der Waals surface area contributed by atoms with Gasteiger partial charge in [-0.25, -0.2) is 8.93 Å². The lowest BCUT2D eigenvalue weighted by atomic mass is 9.59. The third-order valence-corrected chi connectivity index (χ3v) is 6.92. The van der Waals surface area contributed by atoms with Gasteiger partial charge in [-0.1, -0.05) is 50.9 Å². The zero-order valence-electron chi connectivity index (χ0n) is 16.3. The van der Waals surface area contributed by atoms with Crippen LogP contribution in [0.1, 0.15) is 52.0 Å². The molecular weight excluding hydrogens is 370 g/mol. The van der Waals surface area contributed by atoms with Crippen LogP contribution in [0, 0.1) is 5.92 Å². The van der Waals surface area contributed by atoms with Gasteiger partial charge in [-0.15, -0.1) is 0 Å². The maximum atomic E-state index is 12.7. The standard InChI is InChI=1S/C20H32ClNO3S/c1-5-18(25-14-24-4)19(22-26(23)13-15(2)3)20(11-6-12-20)16-7-9-17(21)10-8-16/h7-10,15,18-19,22H,5-6,11-14H2,1-4H3. The number of ether oxygens (including phenoxy) is 2. The normalized spacial score (nSPS) is 19.8. The molecule has 0 aliphatic heterocycles. The Morgan fingerprint density at radius 3 is 2.38 bits per heavy atom. The molecule has 1 aromatic rings. The number of nitrogens with one attached hydrogen (secondary N) is 1. The second-order valence-corrected chi connectivity index (χ2v) is 9.23. The molecule has 1 aliphatic rings. The van der Waals surface area contributed by atoms with Crippen LogP contribution in [0.3, 0.4) is 0 Å². The Kier molecular flexibility index (Phi) is 8.55. The molecular formula is C20H32ClNO3S. The number of halogens is 1. The van der Waals surface area contributed by atoms with Gasteiger partial charge in [-0.3, -0.25) is 0 Å². The van der Waals surface area contributed by atoms with Gasteiger partial charge >= 0.3 is 0 Å². The summed E-state index contributed by atoms with van der Waals surface area (Å²) in [6, 6.07) is 8.05. The molecule has 0 heterocycles. The first-order valence-electron chi connectivity index (χ1n) is 9.44. The van der Waals surface area contributed by atoms with Crippen LogP contribution < -0.4 is 4.72 Å². The van der Waals surface area contributed by atoms with E-state index in [4.69, 9.17) is 21.1 Å². The largest absolute Gasteiger partial charge is 0.359 e. The molecule has 0 spiro atoms. The van der Waals surface area contributed by atoms with Gasteiger partial charge in [0.2, 0.25) is 0 Å². The average molecular weight is 402 g/mol. The van der Waals surface area contributed by atoms with Crippen LogP contribution >= 0.6 is 11.6 Å². The Balaban J connectivity index is 2.32. The number of benzene rings is 1. The van der Waals surface area contributed by atoms with E-state index >= 15 is 0 Å². The first-order valence-corrected chi connectivity index (χ1v) is 11.1. The highest BCUT2D eigenvalue weighted by molar-refractivity contribution is 7.83. The topological polar surface area (TPSA) is 47.6 Å². The summed E-state index contributed by atoms with van der Waals surface area (Å²) in [4.78, 5) is 0. The second-order valence-electron chi connectivity index (χ2n) is 7.54. The number of rotatable bonds is 11. The van der Waals surface area contributed by atoms with Crippen molar-refractivity contribution in [1.82, 2.24) is 4.72 Å². The summed E-state index contributed by atoms with van der Waals surface area (Å²) < 4.78 is 27.3. The highest BCUT2D eigenvalue weighted by Crippen LogP contribution is 2.48. The Morgan fingerprint density at radius 2 is 1.92 bits per heavy atom. The molecule has 1 N–H and O–H groups in total. The van der Waals surface area contributed by atoms with Crippen LogP contribution in [0.15, 0.2) is 24.3 Å². The molecule has 148 valence electrons. The molecule has 0 radical (unpaired) electrons. The summed E-state index contributed by atoms with van der Waals surface area (Å²) in [7, 11) is 0.532. The molecule has 3 atom stereocenters. The molecule has 1 aliphatic carbocycles. The van der Waals surface area contributed by atoms with Gasteiger partial charge in [0.15, 0.2) is 0 Å². The fourth-order valence-electron chi connectivity index (χ4n) is 3.76. The van der Waals surface area contributed by atoms with Gasteiger partial charge < -0.3 is 9.47 Å². The SMILES string of the molecule is CCC(OCOC)C(NS(=O)CC(C)C)C1(c2ccc(Cl)cc2)CCC1. The summed E-state index contributed by atoms with van der Waals surface area (Å²) in [6.07, 6.45) is 4.03. The second kappa shape index (κ2) is 10.2. The Labute approximate surface area is 165 Å². The Hall–Kier alpha value is -0.460. The van der Waals surface area contributed by atoms with E-state index in [2.05, 4.69) is 37.6 Å². The molecule has 0 saturated heterocycles. The fraction of sp³-hybridized carbons (Fsp3) is 0.700. The van der Waals surface area contributed by atoms with Crippen molar-refractivity contribution in [3.63, 3.8) is 0 Å². The zero-order chi connectivity index (χ0) is 19.2. The summed E-state index contributed by atoms with van der Waals surface area (Å²) in [5.74, 6) is 1.00. The van der Waals surface area contributed by atoms with Crippen molar-refractivity contribution >= 4 is 22.6 Å². The van der Waals surface area contributed by atoms with E-state index in [0.717, 1.165) is 24.3 Å². The van der Waals surface area contributed by atoms with Crippen molar-refractivity contribution in [2.75, 3.05) is 19.7 Å². The van der Waals surface area contributed by atoms with Gasteiger partial charge in [0.1, 0.15) is 6.79 Å². The number of methoxy groups -OCH3 is 1. The smallest absolute Gasteiger partial charge is 0.146 e. The highest BCUT2D eigenvalue weighted by Gasteiger charge is 2.49. The van der Waals surface area contributed by atoms with Crippen molar-refractivity contribution in [1.29, 1.82) is 0 Å².